The molecule has 3 rings (SSSR count). The average molecular weight is 384 g/mol. The van der Waals surface area contributed by atoms with Gasteiger partial charge in [0.25, 0.3) is 5.69 Å². The van der Waals surface area contributed by atoms with Crippen LogP contribution in [-0.4, -0.2) is 79.0 Å². The zero-order chi connectivity index (χ0) is 18.9. The molecule has 0 aliphatic carbocycles. The molecule has 2 fully saturated rings. The zero-order valence-corrected chi connectivity index (χ0v) is 15.1. The number of sulfonamides is 1. The first kappa shape index (κ1) is 18.5. The first-order valence-electron chi connectivity index (χ1n) is 8.18. The molecule has 26 heavy (non-hydrogen) atoms. The Kier molecular flexibility index (Phi) is 5.12. The van der Waals surface area contributed by atoms with E-state index in [4.69, 9.17) is 4.74 Å². The zero-order valence-electron chi connectivity index (χ0n) is 14.3. The standard InChI is InChI=1S/C15H20N4O6S/c1-12-10-17(11-18(12)15(20)16-5-7-25-8-6-16)26(23,24)14-4-2-3-13(9-14)19(21)22/h2-4,9,12H,5-8,10-11H2,1H3. The van der Waals surface area contributed by atoms with E-state index in [2.05, 4.69) is 0 Å². The van der Waals surface area contributed by atoms with Crippen molar-refractivity contribution in [2.45, 2.75) is 17.9 Å². The normalized spacial score (nSPS) is 21.8. The van der Waals surface area contributed by atoms with Gasteiger partial charge in [-0.15, -0.1) is 0 Å². The highest BCUT2D eigenvalue weighted by molar-refractivity contribution is 7.89. The number of nitrogens with zero attached hydrogens (tertiary/aromatic N) is 4. The van der Waals surface area contributed by atoms with Crippen molar-refractivity contribution in [2.75, 3.05) is 39.5 Å². The minimum atomic E-state index is -3.93. The third-order valence-electron chi connectivity index (χ3n) is 4.50. The molecule has 0 aromatic heterocycles. The lowest BCUT2D eigenvalue weighted by Crippen LogP contribution is -2.49. The molecule has 142 valence electrons. The van der Waals surface area contributed by atoms with Crippen molar-refractivity contribution in [1.82, 2.24) is 14.1 Å². The van der Waals surface area contributed by atoms with Gasteiger partial charge in [-0.3, -0.25) is 10.1 Å². The summed E-state index contributed by atoms with van der Waals surface area (Å²) in [7, 11) is -3.93. The number of urea groups is 1. The average Bonchev–Trinajstić information content (AvgIpc) is 3.04. The van der Waals surface area contributed by atoms with Crippen LogP contribution < -0.4 is 0 Å². The molecule has 2 heterocycles. The Labute approximate surface area is 151 Å². The number of morpholine rings is 1. The first-order valence-corrected chi connectivity index (χ1v) is 9.62. The fourth-order valence-electron chi connectivity index (χ4n) is 3.03. The van der Waals surface area contributed by atoms with Gasteiger partial charge in [0.15, 0.2) is 0 Å². The van der Waals surface area contributed by atoms with Crippen molar-refractivity contribution < 1.29 is 22.9 Å². The minimum Gasteiger partial charge on any atom is -0.378 e. The lowest BCUT2D eigenvalue weighted by Gasteiger charge is -2.32. The quantitative estimate of drug-likeness (QED) is 0.560. The van der Waals surface area contributed by atoms with Crippen molar-refractivity contribution in [1.29, 1.82) is 0 Å². The van der Waals surface area contributed by atoms with E-state index < -0.39 is 14.9 Å². The minimum absolute atomic E-state index is 0.0810. The number of rotatable bonds is 3. The van der Waals surface area contributed by atoms with Crippen LogP contribution in [0.15, 0.2) is 29.2 Å². The van der Waals surface area contributed by atoms with E-state index in [9.17, 15) is 23.3 Å². The van der Waals surface area contributed by atoms with Gasteiger partial charge in [-0.1, -0.05) is 6.07 Å². The Hall–Kier alpha value is -2.24. The molecule has 2 saturated heterocycles. The summed E-state index contributed by atoms with van der Waals surface area (Å²) in [5.41, 5.74) is -0.292. The van der Waals surface area contributed by atoms with Gasteiger partial charge in [0, 0.05) is 37.8 Å². The van der Waals surface area contributed by atoms with E-state index in [1.807, 2.05) is 0 Å². The molecule has 1 aromatic carbocycles. The SMILES string of the molecule is CC1CN(S(=O)(=O)c2cccc([N+](=O)[O-])c2)CN1C(=O)N1CCOCC1. The third kappa shape index (κ3) is 3.50. The predicted octanol–water partition coefficient (Wildman–Crippen LogP) is 0.699. The summed E-state index contributed by atoms with van der Waals surface area (Å²) in [5.74, 6) is 0. The molecular formula is C15H20N4O6S. The summed E-state index contributed by atoms with van der Waals surface area (Å²) in [6, 6.07) is 4.41. The lowest BCUT2D eigenvalue weighted by molar-refractivity contribution is -0.385. The maximum Gasteiger partial charge on any atom is 0.321 e. The van der Waals surface area contributed by atoms with Gasteiger partial charge in [-0.25, -0.2) is 13.2 Å². The van der Waals surface area contributed by atoms with E-state index in [-0.39, 0.29) is 35.9 Å². The maximum absolute atomic E-state index is 12.8. The summed E-state index contributed by atoms with van der Waals surface area (Å²) in [6.45, 7) is 3.71. The Morgan fingerprint density at radius 1 is 1.31 bits per heavy atom. The second-order valence-corrected chi connectivity index (χ2v) is 8.17. The largest absolute Gasteiger partial charge is 0.378 e. The lowest BCUT2D eigenvalue weighted by atomic mass is 10.3. The molecule has 2 amide bonds. The molecule has 0 spiro atoms. The van der Waals surface area contributed by atoms with Gasteiger partial charge in [0.05, 0.1) is 29.7 Å². The van der Waals surface area contributed by atoms with Crippen LogP contribution in [-0.2, 0) is 14.8 Å². The highest BCUT2D eigenvalue weighted by Crippen LogP contribution is 2.25. The van der Waals surface area contributed by atoms with Crippen molar-refractivity contribution in [3.8, 4) is 0 Å². The van der Waals surface area contributed by atoms with Crippen molar-refractivity contribution >= 4 is 21.7 Å². The fraction of sp³-hybridized carbons (Fsp3) is 0.533. The number of amides is 2. The van der Waals surface area contributed by atoms with Crippen molar-refractivity contribution in [3.63, 3.8) is 0 Å². The number of nitro benzene ring substituents is 1. The molecule has 0 radical (unpaired) electrons. The van der Waals surface area contributed by atoms with Crippen LogP contribution in [0.25, 0.3) is 0 Å². The Bertz CT molecular complexity index is 808. The molecular weight excluding hydrogens is 364 g/mol. The second-order valence-electron chi connectivity index (χ2n) is 6.24. The summed E-state index contributed by atoms with van der Waals surface area (Å²) >= 11 is 0. The van der Waals surface area contributed by atoms with E-state index in [0.717, 1.165) is 6.07 Å². The van der Waals surface area contributed by atoms with Crippen LogP contribution in [0.1, 0.15) is 6.92 Å². The number of non-ortho nitro benzene ring substituents is 1. The summed E-state index contributed by atoms with van der Waals surface area (Å²) < 4.78 is 32.1. The second kappa shape index (κ2) is 7.17. The van der Waals surface area contributed by atoms with Crippen LogP contribution in [0.3, 0.4) is 0 Å². The molecule has 1 aromatic rings. The van der Waals surface area contributed by atoms with Gasteiger partial charge >= 0.3 is 6.03 Å². The maximum atomic E-state index is 12.8. The molecule has 10 nitrogen and oxygen atoms in total. The van der Waals surface area contributed by atoms with Crippen molar-refractivity contribution in [2.24, 2.45) is 0 Å². The number of carbonyl (C=O) groups excluding carboxylic acids is 1. The number of carbonyl (C=O) groups is 1. The van der Waals surface area contributed by atoms with E-state index in [1.165, 1.54) is 27.4 Å². The summed E-state index contributed by atoms with van der Waals surface area (Å²) in [6.07, 6.45) is 0. The van der Waals surface area contributed by atoms with Crippen LogP contribution in [0.4, 0.5) is 10.5 Å². The first-order chi connectivity index (χ1) is 12.3. The number of benzene rings is 1. The van der Waals surface area contributed by atoms with Crippen molar-refractivity contribution in [3.05, 3.63) is 34.4 Å². The number of nitro groups is 1. The van der Waals surface area contributed by atoms with Gasteiger partial charge in [-0.2, -0.15) is 4.31 Å². The van der Waals surface area contributed by atoms with Crippen LogP contribution in [0.2, 0.25) is 0 Å². The van der Waals surface area contributed by atoms with Crippen LogP contribution in [0.5, 0.6) is 0 Å². The van der Waals surface area contributed by atoms with Gasteiger partial charge < -0.3 is 14.5 Å². The number of hydrogen-bond donors (Lipinski definition) is 0. The molecule has 1 unspecified atom stereocenters. The third-order valence-corrected chi connectivity index (χ3v) is 6.30. The molecule has 2 aliphatic rings. The van der Waals surface area contributed by atoms with Gasteiger partial charge in [0.1, 0.15) is 0 Å². The Morgan fingerprint density at radius 2 is 2.00 bits per heavy atom. The molecule has 0 bridgehead atoms. The van der Waals surface area contributed by atoms with Crippen LogP contribution in [0, 0.1) is 10.1 Å². The smallest absolute Gasteiger partial charge is 0.321 e. The molecule has 2 aliphatic heterocycles. The highest BCUT2D eigenvalue weighted by atomic mass is 32.2. The summed E-state index contributed by atoms with van der Waals surface area (Å²) in [4.78, 5) is 25.9. The monoisotopic (exact) mass is 384 g/mol. The van der Waals surface area contributed by atoms with E-state index in [1.54, 1.807) is 11.8 Å². The molecule has 11 heteroatoms. The fourth-order valence-corrected chi connectivity index (χ4v) is 4.53. The molecule has 1 atom stereocenters. The highest BCUT2D eigenvalue weighted by Gasteiger charge is 2.40. The molecule has 0 saturated carbocycles. The van der Waals surface area contributed by atoms with E-state index in [0.29, 0.717) is 26.3 Å². The number of ether oxygens (including phenoxy) is 1. The van der Waals surface area contributed by atoms with Crippen LogP contribution >= 0.6 is 0 Å². The van der Waals surface area contributed by atoms with Gasteiger partial charge in [0.2, 0.25) is 10.0 Å². The Morgan fingerprint density at radius 3 is 2.65 bits per heavy atom. The van der Waals surface area contributed by atoms with Gasteiger partial charge in [-0.05, 0) is 13.0 Å². The topological polar surface area (TPSA) is 113 Å². The number of hydrogen-bond acceptors (Lipinski definition) is 6. The Balaban J connectivity index is 1.78. The summed E-state index contributed by atoms with van der Waals surface area (Å²) in [5, 5.41) is 10.9. The van der Waals surface area contributed by atoms with E-state index >= 15 is 0 Å². The molecule has 0 N–H and O–H groups in total. The predicted molar refractivity (Wildman–Crippen MR) is 90.9 cm³/mol.